The molecule has 0 aliphatic rings. The van der Waals surface area contributed by atoms with Crippen molar-refractivity contribution in [3.05, 3.63) is 35.9 Å². The molecule has 1 rings (SSSR count). The summed E-state index contributed by atoms with van der Waals surface area (Å²) in [5.74, 6) is -0.298. The van der Waals surface area contributed by atoms with Crippen LogP contribution in [0.3, 0.4) is 0 Å². The van der Waals surface area contributed by atoms with Gasteiger partial charge in [-0.05, 0) is 64.5 Å². The Labute approximate surface area is 156 Å². The van der Waals surface area contributed by atoms with Gasteiger partial charge in [0, 0.05) is 0 Å². The van der Waals surface area contributed by atoms with Crippen molar-refractivity contribution in [2.75, 3.05) is 0 Å². The first-order chi connectivity index (χ1) is 11.2. The number of benzene rings is 1. The lowest BCUT2D eigenvalue weighted by Crippen LogP contribution is -2.47. The predicted octanol–water partition coefficient (Wildman–Crippen LogP) is 5.18. The molecule has 142 valence electrons. The zero-order valence-corrected chi connectivity index (χ0v) is 20.2. The summed E-state index contributed by atoms with van der Waals surface area (Å²) in [6.07, 6.45) is -1.17. The first-order valence-corrected chi connectivity index (χ1v) is 19.0. The van der Waals surface area contributed by atoms with Gasteiger partial charge in [0.1, 0.15) is 6.10 Å². The molecule has 1 aromatic carbocycles. The maximum atomic E-state index is 13.0. The van der Waals surface area contributed by atoms with Crippen molar-refractivity contribution in [1.82, 2.24) is 0 Å². The fourth-order valence-electron chi connectivity index (χ4n) is 2.30. The van der Waals surface area contributed by atoms with Crippen molar-refractivity contribution < 1.29 is 18.1 Å². The number of hydrogen-bond donors (Lipinski definition) is 0. The van der Waals surface area contributed by atoms with E-state index in [2.05, 4.69) is 39.3 Å². The summed E-state index contributed by atoms with van der Waals surface area (Å²) >= 11 is 0. The summed E-state index contributed by atoms with van der Waals surface area (Å²) in [4.78, 5) is 13.0. The molecule has 4 nitrogen and oxygen atoms in total. The van der Waals surface area contributed by atoms with Crippen molar-refractivity contribution in [3.63, 3.8) is 0 Å². The molecule has 0 unspecified atom stereocenters. The highest BCUT2D eigenvalue weighted by atomic mass is 28.4. The van der Waals surface area contributed by atoms with Crippen molar-refractivity contribution >= 4 is 30.9 Å². The summed E-state index contributed by atoms with van der Waals surface area (Å²) in [7, 11) is -5.91. The number of rotatable bonds is 8. The van der Waals surface area contributed by atoms with E-state index in [-0.39, 0.29) is 5.97 Å². The van der Waals surface area contributed by atoms with Gasteiger partial charge in [-0.2, -0.15) is 0 Å². The first-order valence-electron chi connectivity index (χ1n) is 8.81. The second-order valence-corrected chi connectivity index (χ2v) is 22.6. The Balaban J connectivity index is 3.29. The molecule has 0 spiro atoms. The maximum absolute atomic E-state index is 13.0. The quantitative estimate of drug-likeness (QED) is 0.566. The Bertz CT molecular complexity index is 556. The molecule has 25 heavy (non-hydrogen) atoms. The van der Waals surface area contributed by atoms with Crippen LogP contribution < -0.4 is 0 Å². The van der Waals surface area contributed by atoms with Crippen LogP contribution >= 0.6 is 0 Å². The summed E-state index contributed by atoms with van der Waals surface area (Å²) in [5.41, 5.74) is 0.959. The number of hydrogen-bond acceptors (Lipinski definition) is 4. The molecule has 0 amide bonds. The molecule has 0 fully saturated rings. The third-order valence-corrected chi connectivity index (χ3v) is 5.74. The molecule has 0 aromatic heterocycles. The Morgan fingerprint density at radius 3 is 1.64 bits per heavy atom. The van der Waals surface area contributed by atoms with E-state index >= 15 is 0 Å². The highest BCUT2D eigenvalue weighted by molar-refractivity contribution is 6.72. The normalized spacial score (nSPS) is 15.6. The van der Waals surface area contributed by atoms with E-state index in [0.717, 1.165) is 5.56 Å². The van der Waals surface area contributed by atoms with Crippen molar-refractivity contribution in [3.8, 4) is 0 Å². The zero-order chi connectivity index (χ0) is 19.5. The fourth-order valence-corrected chi connectivity index (χ4v) is 5.03. The lowest BCUT2D eigenvalue weighted by Gasteiger charge is -2.36. The lowest BCUT2D eigenvalue weighted by molar-refractivity contribution is -0.148. The van der Waals surface area contributed by atoms with E-state index in [9.17, 15) is 4.79 Å². The van der Waals surface area contributed by atoms with Crippen molar-refractivity contribution in [2.45, 2.75) is 71.1 Å². The third kappa shape index (κ3) is 8.96. The van der Waals surface area contributed by atoms with Gasteiger partial charge < -0.3 is 13.3 Å². The van der Waals surface area contributed by atoms with Crippen LogP contribution in [0, 0.1) is 0 Å². The van der Waals surface area contributed by atoms with Gasteiger partial charge in [0.25, 0.3) is 0 Å². The van der Waals surface area contributed by atoms with E-state index in [4.69, 9.17) is 13.3 Å². The maximum Gasteiger partial charge on any atom is 0.323 e. The van der Waals surface area contributed by atoms with Crippen LogP contribution in [0.15, 0.2) is 30.3 Å². The minimum Gasteiger partial charge on any atom is -0.518 e. The topological polar surface area (TPSA) is 44.8 Å². The summed E-state index contributed by atoms with van der Waals surface area (Å²) in [5, 5.41) is 0. The molecule has 0 saturated heterocycles. The Morgan fingerprint density at radius 2 is 1.24 bits per heavy atom. The van der Waals surface area contributed by atoms with Gasteiger partial charge in [0.05, 0.1) is 0 Å². The Hall–Kier alpha value is -0.739. The molecule has 0 aliphatic heterocycles. The Morgan fingerprint density at radius 1 is 0.760 bits per heavy atom. The smallest absolute Gasteiger partial charge is 0.323 e. The first kappa shape index (κ1) is 22.3. The van der Waals surface area contributed by atoms with Crippen molar-refractivity contribution in [2.24, 2.45) is 0 Å². The summed E-state index contributed by atoms with van der Waals surface area (Å²) < 4.78 is 18.5. The summed E-state index contributed by atoms with van der Waals surface area (Å²) in [6, 6.07) is 9.88. The van der Waals surface area contributed by atoms with Gasteiger partial charge >= 0.3 is 5.97 Å². The molecule has 0 aliphatic carbocycles. The molecule has 1 aromatic rings. The zero-order valence-electron chi connectivity index (χ0n) is 17.2. The molecular weight excluding hydrogens is 364 g/mol. The van der Waals surface area contributed by atoms with Gasteiger partial charge in [0.2, 0.25) is 8.32 Å². The molecule has 7 heteroatoms. The number of carbonyl (C=O) groups is 1. The van der Waals surface area contributed by atoms with Gasteiger partial charge in [-0.15, -0.1) is 0 Å². The average Bonchev–Trinajstić information content (AvgIpc) is 2.39. The van der Waals surface area contributed by atoms with Crippen LogP contribution in [0.25, 0.3) is 0 Å². The van der Waals surface area contributed by atoms with E-state index in [1.54, 1.807) is 0 Å². The molecule has 0 radical (unpaired) electrons. The van der Waals surface area contributed by atoms with Crippen molar-refractivity contribution in [1.29, 1.82) is 0 Å². The van der Waals surface area contributed by atoms with Crippen LogP contribution in [-0.4, -0.2) is 37.0 Å². The molecule has 0 heterocycles. The second kappa shape index (κ2) is 8.30. The minimum absolute atomic E-state index is 0.298. The SMILES string of the molecule is C[Si](C)(C)OC(=O)[C@@H](O[Si](C)(C)C)[C@@H](O[Si](C)(C)C)c1ccccc1. The van der Waals surface area contributed by atoms with E-state index in [1.807, 2.05) is 50.0 Å². The molecule has 2 atom stereocenters. The van der Waals surface area contributed by atoms with Crippen LogP contribution in [0.2, 0.25) is 58.9 Å². The van der Waals surface area contributed by atoms with Crippen LogP contribution in [0.4, 0.5) is 0 Å². The number of carbonyl (C=O) groups excluding carboxylic acids is 1. The van der Waals surface area contributed by atoms with Gasteiger partial charge in [-0.25, -0.2) is 0 Å². The van der Waals surface area contributed by atoms with Crippen LogP contribution in [-0.2, 0) is 18.1 Å². The molecule has 0 bridgehead atoms. The third-order valence-electron chi connectivity index (χ3n) is 3.00. The van der Waals surface area contributed by atoms with Gasteiger partial charge in [0.15, 0.2) is 22.7 Å². The lowest BCUT2D eigenvalue weighted by atomic mass is 10.1. The molecule has 0 N–H and O–H groups in total. The molecule has 0 saturated carbocycles. The van der Waals surface area contributed by atoms with E-state index < -0.39 is 37.2 Å². The predicted molar refractivity (Wildman–Crippen MR) is 111 cm³/mol. The minimum atomic E-state index is -2.02. The largest absolute Gasteiger partial charge is 0.518 e. The second-order valence-electron chi connectivity index (χ2n) is 9.25. The van der Waals surface area contributed by atoms with Gasteiger partial charge in [-0.3, -0.25) is 4.79 Å². The highest BCUT2D eigenvalue weighted by Gasteiger charge is 2.40. The van der Waals surface area contributed by atoms with E-state index in [1.165, 1.54) is 0 Å². The standard InChI is InChI=1S/C18H34O4Si3/c1-23(2,3)20-16(15-13-11-10-12-14-15)17(21-24(4,5)6)18(19)22-25(7,8)9/h10-14,16-17H,1-9H3/t16-,17-/m0/s1. The monoisotopic (exact) mass is 398 g/mol. The molecular formula is C18H34O4Si3. The summed E-state index contributed by atoms with van der Waals surface area (Å²) in [6.45, 7) is 18.6. The Kier molecular flexibility index (Phi) is 7.41. The fraction of sp³-hybridized carbons (Fsp3) is 0.611. The highest BCUT2D eigenvalue weighted by Crippen LogP contribution is 2.30. The van der Waals surface area contributed by atoms with Crippen LogP contribution in [0.1, 0.15) is 11.7 Å². The van der Waals surface area contributed by atoms with Gasteiger partial charge in [-0.1, -0.05) is 30.3 Å². The van der Waals surface area contributed by atoms with E-state index in [0.29, 0.717) is 0 Å². The van der Waals surface area contributed by atoms with Crippen LogP contribution in [0.5, 0.6) is 0 Å². The average molecular weight is 399 g/mol.